The van der Waals surface area contributed by atoms with Gasteiger partial charge < -0.3 is 4.42 Å². The number of rotatable bonds is 6. The summed E-state index contributed by atoms with van der Waals surface area (Å²) in [6.07, 6.45) is 4.53. The average molecular weight is 336 g/mol. The van der Waals surface area contributed by atoms with E-state index in [2.05, 4.69) is 20.5 Å². The summed E-state index contributed by atoms with van der Waals surface area (Å²) in [4.78, 5) is 0. The lowest BCUT2D eigenvalue weighted by atomic mass is 10.3. The molecule has 0 aliphatic carbocycles. The molecule has 3 heterocycles. The van der Waals surface area contributed by atoms with E-state index in [1.807, 2.05) is 6.07 Å². The molecule has 0 aliphatic heterocycles. The van der Waals surface area contributed by atoms with E-state index in [0.717, 1.165) is 5.69 Å². The van der Waals surface area contributed by atoms with E-state index in [1.54, 1.807) is 29.2 Å². The van der Waals surface area contributed by atoms with E-state index < -0.39 is 10.0 Å². The Kier molecular flexibility index (Phi) is 4.01. The zero-order chi connectivity index (χ0) is 16.4. The topological polar surface area (TPSA) is 110 Å². The molecular formula is C13H16N6O3S. The van der Waals surface area contributed by atoms with Gasteiger partial charge in [0.05, 0.1) is 19.0 Å². The zero-order valence-electron chi connectivity index (χ0n) is 12.7. The lowest BCUT2D eigenvalue weighted by molar-refractivity contribution is 0.432. The minimum absolute atomic E-state index is 0.319. The first-order chi connectivity index (χ1) is 10.9. The van der Waals surface area contributed by atoms with E-state index >= 15 is 0 Å². The summed E-state index contributed by atoms with van der Waals surface area (Å²) in [5.41, 5.74) is 1.36. The van der Waals surface area contributed by atoms with Crippen LogP contribution in [0, 0.1) is 0 Å². The highest BCUT2D eigenvalue weighted by Crippen LogP contribution is 2.25. The second-order valence-corrected chi connectivity index (χ2v) is 7.17. The Morgan fingerprint density at radius 3 is 2.78 bits per heavy atom. The summed E-state index contributed by atoms with van der Waals surface area (Å²) in [7, 11) is -1.67. The number of hydrogen-bond donors (Lipinski definition) is 1. The third-order valence-electron chi connectivity index (χ3n) is 3.37. The van der Waals surface area contributed by atoms with Crippen molar-refractivity contribution in [1.29, 1.82) is 0 Å². The Bertz CT molecular complexity index is 881. The molecule has 0 atom stereocenters. The monoisotopic (exact) mass is 336 g/mol. The number of H-pyrrole nitrogens is 1. The Morgan fingerprint density at radius 2 is 2.09 bits per heavy atom. The summed E-state index contributed by atoms with van der Waals surface area (Å²) < 4.78 is 31.3. The summed E-state index contributed by atoms with van der Waals surface area (Å²) in [6.45, 7) is 0.726. The van der Waals surface area contributed by atoms with Crippen LogP contribution in [0.3, 0.4) is 0 Å². The zero-order valence-corrected chi connectivity index (χ0v) is 13.5. The van der Waals surface area contributed by atoms with Crippen molar-refractivity contribution in [3.63, 3.8) is 0 Å². The van der Waals surface area contributed by atoms with Crippen LogP contribution in [0.15, 0.2) is 35.0 Å². The molecule has 0 aromatic carbocycles. The van der Waals surface area contributed by atoms with Crippen LogP contribution in [-0.2, 0) is 16.6 Å². The maximum Gasteiger partial charge on any atom is 0.211 e. The van der Waals surface area contributed by atoms with E-state index in [0.29, 0.717) is 30.3 Å². The van der Waals surface area contributed by atoms with E-state index in [9.17, 15) is 8.42 Å². The first kappa shape index (κ1) is 15.4. The van der Waals surface area contributed by atoms with Gasteiger partial charge in [-0.3, -0.25) is 9.78 Å². The number of likely N-dealkylation sites (N-methyl/N-ethyl adjacent to an activating group) is 1. The summed E-state index contributed by atoms with van der Waals surface area (Å²) in [5, 5.41) is 14.7. The SMILES string of the molecule is CN(CCn1cc(-c2ccc(-c3ccn[nH]3)o2)nn1)S(C)(=O)=O. The van der Waals surface area contributed by atoms with Crippen LogP contribution in [0.25, 0.3) is 22.9 Å². The van der Waals surface area contributed by atoms with Crippen molar-refractivity contribution in [3.8, 4) is 22.9 Å². The molecule has 0 saturated carbocycles. The normalized spacial score (nSPS) is 12.1. The third-order valence-corrected chi connectivity index (χ3v) is 4.69. The maximum atomic E-state index is 11.4. The van der Waals surface area contributed by atoms with Gasteiger partial charge in [0.25, 0.3) is 0 Å². The molecule has 0 bridgehead atoms. The largest absolute Gasteiger partial charge is 0.453 e. The molecule has 0 unspecified atom stereocenters. The number of aromatic amines is 1. The van der Waals surface area contributed by atoms with Gasteiger partial charge in [0.15, 0.2) is 11.5 Å². The van der Waals surface area contributed by atoms with Gasteiger partial charge >= 0.3 is 0 Å². The molecule has 23 heavy (non-hydrogen) atoms. The molecule has 1 N–H and O–H groups in total. The van der Waals surface area contributed by atoms with E-state index in [4.69, 9.17) is 4.42 Å². The molecule has 0 spiro atoms. The van der Waals surface area contributed by atoms with Crippen molar-refractivity contribution in [2.75, 3.05) is 19.8 Å². The number of hydrogen-bond acceptors (Lipinski definition) is 6. The van der Waals surface area contributed by atoms with Crippen molar-refractivity contribution < 1.29 is 12.8 Å². The molecule has 10 heteroatoms. The van der Waals surface area contributed by atoms with Gasteiger partial charge in [0.2, 0.25) is 10.0 Å². The molecule has 0 aliphatic rings. The van der Waals surface area contributed by atoms with E-state index in [1.165, 1.54) is 17.6 Å². The van der Waals surface area contributed by atoms with Gasteiger partial charge in [-0.05, 0) is 18.2 Å². The molecule has 3 rings (SSSR count). The van der Waals surface area contributed by atoms with Crippen LogP contribution in [0.5, 0.6) is 0 Å². The van der Waals surface area contributed by atoms with Crippen molar-refractivity contribution in [2.45, 2.75) is 6.54 Å². The molecular weight excluding hydrogens is 320 g/mol. The first-order valence-corrected chi connectivity index (χ1v) is 8.70. The second-order valence-electron chi connectivity index (χ2n) is 5.09. The molecule has 9 nitrogen and oxygen atoms in total. The van der Waals surface area contributed by atoms with E-state index in [-0.39, 0.29) is 0 Å². The van der Waals surface area contributed by atoms with Gasteiger partial charge in [0.1, 0.15) is 11.4 Å². The van der Waals surface area contributed by atoms with Crippen LogP contribution in [0.2, 0.25) is 0 Å². The van der Waals surface area contributed by atoms with Crippen molar-refractivity contribution in [1.82, 2.24) is 29.5 Å². The number of nitrogens with one attached hydrogen (secondary N) is 1. The lowest BCUT2D eigenvalue weighted by Crippen LogP contribution is -2.29. The molecule has 3 aromatic heterocycles. The number of aromatic nitrogens is 5. The molecule has 0 radical (unpaired) electrons. The highest BCUT2D eigenvalue weighted by atomic mass is 32.2. The third kappa shape index (κ3) is 3.48. The predicted molar refractivity (Wildman–Crippen MR) is 82.8 cm³/mol. The van der Waals surface area contributed by atoms with Crippen molar-refractivity contribution >= 4 is 10.0 Å². The Labute approximate surface area is 133 Å². The van der Waals surface area contributed by atoms with Crippen molar-refractivity contribution in [3.05, 3.63) is 30.6 Å². The summed E-state index contributed by atoms with van der Waals surface area (Å²) in [5.74, 6) is 1.24. The van der Waals surface area contributed by atoms with Crippen LogP contribution < -0.4 is 0 Å². The Hall–Kier alpha value is -2.46. The fourth-order valence-electron chi connectivity index (χ4n) is 1.94. The maximum absolute atomic E-state index is 11.4. The summed E-state index contributed by atoms with van der Waals surface area (Å²) >= 11 is 0. The molecule has 0 saturated heterocycles. The quantitative estimate of drug-likeness (QED) is 0.713. The highest BCUT2D eigenvalue weighted by molar-refractivity contribution is 7.88. The van der Waals surface area contributed by atoms with Crippen LogP contribution in [0.1, 0.15) is 0 Å². The number of nitrogens with zero attached hydrogens (tertiary/aromatic N) is 5. The fourth-order valence-corrected chi connectivity index (χ4v) is 2.36. The minimum atomic E-state index is -3.20. The van der Waals surface area contributed by atoms with Gasteiger partial charge in [-0.2, -0.15) is 5.10 Å². The number of furan rings is 1. The average Bonchev–Trinajstić information content (AvgIpc) is 3.21. The van der Waals surface area contributed by atoms with Crippen LogP contribution in [0.4, 0.5) is 0 Å². The fraction of sp³-hybridized carbons (Fsp3) is 0.308. The smallest absolute Gasteiger partial charge is 0.211 e. The minimum Gasteiger partial charge on any atom is -0.453 e. The standard InChI is InChI=1S/C13H16N6O3S/c1-18(23(2,20)21)7-8-19-9-11(16-17-19)13-4-3-12(22-13)10-5-6-14-15-10/h3-6,9H,7-8H2,1-2H3,(H,14,15). The lowest BCUT2D eigenvalue weighted by Gasteiger charge is -2.12. The molecule has 0 fully saturated rings. The molecule has 3 aromatic rings. The Balaban J connectivity index is 1.70. The highest BCUT2D eigenvalue weighted by Gasteiger charge is 2.13. The van der Waals surface area contributed by atoms with Gasteiger partial charge in [-0.1, -0.05) is 5.21 Å². The van der Waals surface area contributed by atoms with Crippen LogP contribution in [-0.4, -0.2) is 57.8 Å². The van der Waals surface area contributed by atoms with Crippen LogP contribution >= 0.6 is 0 Å². The van der Waals surface area contributed by atoms with Gasteiger partial charge in [-0.15, -0.1) is 5.10 Å². The molecule has 122 valence electrons. The van der Waals surface area contributed by atoms with Crippen molar-refractivity contribution in [2.24, 2.45) is 0 Å². The summed E-state index contributed by atoms with van der Waals surface area (Å²) in [6, 6.07) is 5.42. The molecule has 0 amide bonds. The Morgan fingerprint density at radius 1 is 1.30 bits per heavy atom. The van der Waals surface area contributed by atoms with Gasteiger partial charge in [0, 0.05) is 19.8 Å². The van der Waals surface area contributed by atoms with Gasteiger partial charge in [-0.25, -0.2) is 12.7 Å². The number of sulfonamides is 1. The predicted octanol–water partition coefficient (Wildman–Crippen LogP) is 0.820. The second kappa shape index (κ2) is 5.97. The first-order valence-electron chi connectivity index (χ1n) is 6.85.